The van der Waals surface area contributed by atoms with Crippen molar-refractivity contribution in [2.24, 2.45) is 0 Å². The molecule has 0 atom stereocenters. The van der Waals surface area contributed by atoms with E-state index in [2.05, 4.69) is 16.7 Å². The van der Waals surface area contributed by atoms with Crippen LogP contribution in [0.1, 0.15) is 16.7 Å². The molecule has 2 aromatic carbocycles. The van der Waals surface area contributed by atoms with Crippen LogP contribution in [0.3, 0.4) is 0 Å². The number of ether oxygens (including phenoxy) is 3. The van der Waals surface area contributed by atoms with E-state index in [4.69, 9.17) is 26.4 Å². The molecule has 0 fully saturated rings. The Kier molecular flexibility index (Phi) is 6.89. The Labute approximate surface area is 154 Å². The topological polar surface area (TPSA) is 51.8 Å². The summed E-state index contributed by atoms with van der Waals surface area (Å²) in [6, 6.07) is 11.8. The Morgan fingerprint density at radius 3 is 1.96 bits per heavy atom. The monoisotopic (exact) mass is 360 g/mol. The summed E-state index contributed by atoms with van der Waals surface area (Å²) < 4.78 is 16.0. The van der Waals surface area contributed by atoms with Crippen LogP contribution >= 0.6 is 12.2 Å². The Morgan fingerprint density at radius 2 is 1.40 bits per heavy atom. The maximum absolute atomic E-state index is 5.41. The molecule has 0 aromatic heterocycles. The van der Waals surface area contributed by atoms with Gasteiger partial charge in [0.2, 0.25) is 0 Å². The molecule has 134 valence electrons. The van der Waals surface area contributed by atoms with Gasteiger partial charge in [-0.1, -0.05) is 12.1 Å². The molecule has 2 N–H and O–H groups in total. The van der Waals surface area contributed by atoms with Gasteiger partial charge in [0, 0.05) is 30.3 Å². The molecule has 0 aliphatic carbocycles. The number of nitrogens with one attached hydrogen (secondary N) is 2. The first-order chi connectivity index (χ1) is 12.1. The molecule has 5 nitrogen and oxygen atoms in total. The highest BCUT2D eigenvalue weighted by atomic mass is 32.1. The fourth-order valence-electron chi connectivity index (χ4n) is 2.41. The van der Waals surface area contributed by atoms with Gasteiger partial charge in [0.15, 0.2) is 5.11 Å². The number of hydrogen-bond acceptors (Lipinski definition) is 4. The van der Waals surface area contributed by atoms with Crippen LogP contribution < -0.4 is 24.8 Å². The van der Waals surface area contributed by atoms with Crippen molar-refractivity contribution in [1.82, 2.24) is 10.6 Å². The van der Waals surface area contributed by atoms with E-state index in [1.54, 1.807) is 21.3 Å². The number of rotatable bonds is 7. The average molecular weight is 360 g/mol. The van der Waals surface area contributed by atoms with E-state index < -0.39 is 0 Å². The molecule has 25 heavy (non-hydrogen) atoms. The minimum absolute atomic E-state index is 0.560. The second-order valence-electron chi connectivity index (χ2n) is 5.53. The minimum atomic E-state index is 0.560. The highest BCUT2D eigenvalue weighted by Crippen LogP contribution is 2.24. The number of aryl methyl sites for hydroxylation is 1. The third-order valence-corrected chi connectivity index (χ3v) is 4.10. The van der Waals surface area contributed by atoms with E-state index in [0.29, 0.717) is 18.2 Å². The Morgan fingerprint density at radius 1 is 0.840 bits per heavy atom. The van der Waals surface area contributed by atoms with Crippen molar-refractivity contribution >= 4 is 17.3 Å². The predicted octanol–water partition coefficient (Wildman–Crippen LogP) is 3.19. The number of thiocarbonyl (C=S) groups is 1. The van der Waals surface area contributed by atoms with Crippen LogP contribution in [0, 0.1) is 6.92 Å². The summed E-state index contributed by atoms with van der Waals surface area (Å²) in [5.74, 6) is 2.37. The van der Waals surface area contributed by atoms with Crippen molar-refractivity contribution in [3.05, 3.63) is 53.1 Å². The van der Waals surface area contributed by atoms with E-state index in [-0.39, 0.29) is 0 Å². The highest BCUT2D eigenvalue weighted by molar-refractivity contribution is 7.80. The molecule has 2 rings (SSSR count). The maximum Gasteiger partial charge on any atom is 0.166 e. The van der Waals surface area contributed by atoms with E-state index >= 15 is 0 Å². The van der Waals surface area contributed by atoms with Gasteiger partial charge in [-0.3, -0.25) is 0 Å². The summed E-state index contributed by atoms with van der Waals surface area (Å²) in [7, 11) is 4.94. The van der Waals surface area contributed by atoms with E-state index in [0.717, 1.165) is 33.9 Å². The van der Waals surface area contributed by atoms with Crippen LogP contribution in [0.25, 0.3) is 0 Å². The standard InChI is InChI=1S/C19H24N2O3S/c1-13-5-6-14(17(9-13)23-3)11-20-19(25)21-12-15-7-8-16(22-2)10-18(15)24-4/h5-10H,11-12H2,1-4H3,(H2,20,21,25). The Balaban J connectivity index is 1.91. The largest absolute Gasteiger partial charge is 0.497 e. The molecule has 0 unspecified atom stereocenters. The average Bonchev–Trinajstić information content (AvgIpc) is 2.64. The minimum Gasteiger partial charge on any atom is -0.497 e. The first-order valence-corrected chi connectivity index (χ1v) is 8.34. The fraction of sp³-hybridized carbons (Fsp3) is 0.316. The lowest BCUT2D eigenvalue weighted by atomic mass is 10.1. The molecular formula is C19H24N2O3S. The van der Waals surface area contributed by atoms with Gasteiger partial charge < -0.3 is 24.8 Å². The van der Waals surface area contributed by atoms with Gasteiger partial charge in [0.1, 0.15) is 17.2 Å². The van der Waals surface area contributed by atoms with Crippen molar-refractivity contribution < 1.29 is 14.2 Å². The van der Waals surface area contributed by atoms with Crippen molar-refractivity contribution in [3.63, 3.8) is 0 Å². The smallest absolute Gasteiger partial charge is 0.166 e. The van der Waals surface area contributed by atoms with Gasteiger partial charge in [-0.15, -0.1) is 0 Å². The Hall–Kier alpha value is -2.47. The summed E-state index contributed by atoms with van der Waals surface area (Å²) in [6.07, 6.45) is 0. The molecule has 0 saturated carbocycles. The Bertz CT molecular complexity index is 735. The second-order valence-corrected chi connectivity index (χ2v) is 5.94. The van der Waals surface area contributed by atoms with Crippen LogP contribution in [-0.4, -0.2) is 26.4 Å². The van der Waals surface area contributed by atoms with Crippen molar-refractivity contribution in [2.75, 3.05) is 21.3 Å². The van der Waals surface area contributed by atoms with Crippen molar-refractivity contribution in [3.8, 4) is 17.2 Å². The van der Waals surface area contributed by atoms with Crippen molar-refractivity contribution in [2.45, 2.75) is 20.0 Å². The normalized spacial score (nSPS) is 10.1. The zero-order valence-corrected chi connectivity index (χ0v) is 15.8. The molecule has 0 aliphatic rings. The third kappa shape index (κ3) is 5.26. The molecule has 0 aliphatic heterocycles. The third-order valence-electron chi connectivity index (χ3n) is 3.82. The maximum atomic E-state index is 5.41. The SMILES string of the molecule is COc1ccc(CNC(=S)NCc2ccc(C)cc2OC)c(OC)c1. The van der Waals surface area contributed by atoms with Crippen LogP contribution in [0.2, 0.25) is 0 Å². The molecule has 0 bridgehead atoms. The van der Waals surface area contributed by atoms with Crippen LogP contribution in [0.5, 0.6) is 17.2 Å². The van der Waals surface area contributed by atoms with Gasteiger partial charge in [0.25, 0.3) is 0 Å². The molecular weight excluding hydrogens is 336 g/mol. The van der Waals surface area contributed by atoms with Crippen LogP contribution in [-0.2, 0) is 13.1 Å². The summed E-state index contributed by atoms with van der Waals surface area (Å²) in [5, 5.41) is 6.96. The summed E-state index contributed by atoms with van der Waals surface area (Å²) in [6.45, 7) is 3.19. The number of benzene rings is 2. The molecule has 0 spiro atoms. The second kappa shape index (κ2) is 9.13. The van der Waals surface area contributed by atoms with Gasteiger partial charge in [-0.05, 0) is 42.9 Å². The fourth-order valence-corrected chi connectivity index (χ4v) is 2.55. The van der Waals surface area contributed by atoms with E-state index in [1.807, 2.05) is 37.3 Å². The molecule has 0 saturated heterocycles. The molecule has 0 amide bonds. The lowest BCUT2D eigenvalue weighted by molar-refractivity contribution is 0.390. The first kappa shape index (κ1) is 18.9. The van der Waals surface area contributed by atoms with Gasteiger partial charge in [-0.2, -0.15) is 0 Å². The van der Waals surface area contributed by atoms with Gasteiger partial charge in [0.05, 0.1) is 21.3 Å². The van der Waals surface area contributed by atoms with E-state index in [1.165, 1.54) is 0 Å². The quantitative estimate of drug-likeness (QED) is 0.740. The molecule has 0 radical (unpaired) electrons. The number of hydrogen-bond donors (Lipinski definition) is 2. The molecule has 0 heterocycles. The zero-order valence-electron chi connectivity index (χ0n) is 15.0. The van der Waals surface area contributed by atoms with Crippen LogP contribution in [0.15, 0.2) is 36.4 Å². The predicted molar refractivity (Wildman–Crippen MR) is 104 cm³/mol. The molecule has 6 heteroatoms. The van der Waals surface area contributed by atoms with E-state index in [9.17, 15) is 0 Å². The first-order valence-electron chi connectivity index (χ1n) is 7.93. The lowest BCUT2D eigenvalue weighted by Crippen LogP contribution is -2.34. The van der Waals surface area contributed by atoms with Gasteiger partial charge in [-0.25, -0.2) is 0 Å². The summed E-state index contributed by atoms with van der Waals surface area (Å²) >= 11 is 5.36. The summed E-state index contributed by atoms with van der Waals surface area (Å²) in [4.78, 5) is 0. The summed E-state index contributed by atoms with van der Waals surface area (Å²) in [5.41, 5.74) is 3.22. The lowest BCUT2D eigenvalue weighted by Gasteiger charge is -2.15. The molecule has 2 aromatic rings. The van der Waals surface area contributed by atoms with Crippen LogP contribution in [0.4, 0.5) is 0 Å². The van der Waals surface area contributed by atoms with Gasteiger partial charge >= 0.3 is 0 Å². The highest BCUT2D eigenvalue weighted by Gasteiger charge is 2.07. The zero-order chi connectivity index (χ0) is 18.2. The number of methoxy groups -OCH3 is 3. The van der Waals surface area contributed by atoms with Crippen molar-refractivity contribution in [1.29, 1.82) is 0 Å².